The second-order valence-corrected chi connectivity index (χ2v) is 5.43. The molecular formula is C17H17FN4O2. The van der Waals surface area contributed by atoms with E-state index in [9.17, 15) is 14.0 Å². The summed E-state index contributed by atoms with van der Waals surface area (Å²) in [6, 6.07) is 9.87. The number of nitrogens with one attached hydrogen (secondary N) is 1. The normalized spacial score (nSPS) is 14.4. The first kappa shape index (κ1) is 15.9. The Morgan fingerprint density at radius 3 is 2.46 bits per heavy atom. The van der Waals surface area contributed by atoms with E-state index in [0.717, 1.165) is 0 Å². The van der Waals surface area contributed by atoms with E-state index in [1.165, 1.54) is 17.2 Å². The van der Waals surface area contributed by atoms with Crippen LogP contribution in [0.3, 0.4) is 0 Å². The molecule has 0 spiro atoms. The zero-order chi connectivity index (χ0) is 16.9. The molecule has 1 aromatic heterocycles. The van der Waals surface area contributed by atoms with Crippen LogP contribution in [0, 0.1) is 5.82 Å². The lowest BCUT2D eigenvalue weighted by Crippen LogP contribution is -2.51. The van der Waals surface area contributed by atoms with Crippen LogP contribution in [-0.4, -0.2) is 47.9 Å². The predicted octanol–water partition coefficient (Wildman–Crippen LogP) is 1.51. The van der Waals surface area contributed by atoms with Crippen molar-refractivity contribution < 1.29 is 14.0 Å². The maximum atomic E-state index is 13.8. The molecule has 1 aliphatic rings. The molecule has 2 aromatic rings. The number of hydrogen-bond acceptors (Lipinski definition) is 4. The standard InChI is InChI=1S/C17H17FN4O2/c18-14-5-1-2-6-15(14)21-8-10-22(11-9-21)17(24)16(23)20-13-4-3-7-19-12-13/h1-7,12H,8-11H2,(H,20,23). The average Bonchev–Trinajstić information content (AvgIpc) is 2.62. The van der Waals surface area contributed by atoms with E-state index >= 15 is 0 Å². The highest BCUT2D eigenvalue weighted by Crippen LogP contribution is 2.20. The summed E-state index contributed by atoms with van der Waals surface area (Å²) >= 11 is 0. The van der Waals surface area contributed by atoms with Crippen LogP contribution in [0.5, 0.6) is 0 Å². The van der Waals surface area contributed by atoms with E-state index in [0.29, 0.717) is 37.6 Å². The van der Waals surface area contributed by atoms with Gasteiger partial charge in [0.1, 0.15) is 5.82 Å². The summed E-state index contributed by atoms with van der Waals surface area (Å²) in [5.74, 6) is -1.57. The van der Waals surface area contributed by atoms with Gasteiger partial charge in [-0.1, -0.05) is 12.1 Å². The zero-order valence-electron chi connectivity index (χ0n) is 13.0. The molecule has 3 rings (SSSR count). The van der Waals surface area contributed by atoms with Crippen LogP contribution >= 0.6 is 0 Å². The molecule has 2 amide bonds. The van der Waals surface area contributed by atoms with Gasteiger partial charge >= 0.3 is 11.8 Å². The Hall–Kier alpha value is -2.96. The first-order valence-corrected chi connectivity index (χ1v) is 7.65. The molecule has 6 nitrogen and oxygen atoms in total. The molecule has 1 aliphatic heterocycles. The lowest BCUT2D eigenvalue weighted by molar-refractivity contribution is -0.143. The van der Waals surface area contributed by atoms with E-state index < -0.39 is 11.8 Å². The summed E-state index contributed by atoms with van der Waals surface area (Å²) in [6.07, 6.45) is 3.06. The number of pyridine rings is 1. The molecule has 124 valence electrons. The molecule has 0 aliphatic carbocycles. The quantitative estimate of drug-likeness (QED) is 0.849. The number of carbonyl (C=O) groups excluding carboxylic acids is 2. The average molecular weight is 328 g/mol. The highest BCUT2D eigenvalue weighted by molar-refractivity contribution is 6.39. The predicted molar refractivity (Wildman–Crippen MR) is 88.1 cm³/mol. The number of amides is 2. The molecule has 0 radical (unpaired) electrons. The van der Waals surface area contributed by atoms with Crippen LogP contribution in [0.4, 0.5) is 15.8 Å². The summed E-state index contributed by atoms with van der Waals surface area (Å²) in [5.41, 5.74) is 0.991. The van der Waals surface area contributed by atoms with Gasteiger partial charge in [-0.15, -0.1) is 0 Å². The van der Waals surface area contributed by atoms with Crippen LogP contribution in [0.1, 0.15) is 0 Å². The number of anilines is 2. The fraction of sp³-hybridized carbons (Fsp3) is 0.235. The minimum atomic E-state index is -0.692. The van der Waals surface area contributed by atoms with Gasteiger partial charge < -0.3 is 15.1 Å². The van der Waals surface area contributed by atoms with Gasteiger partial charge in [-0.3, -0.25) is 14.6 Å². The van der Waals surface area contributed by atoms with Crippen molar-refractivity contribution in [3.63, 3.8) is 0 Å². The summed E-state index contributed by atoms with van der Waals surface area (Å²) in [4.78, 5) is 31.5. The molecule has 0 saturated carbocycles. The molecule has 24 heavy (non-hydrogen) atoms. The Labute approximate surface area is 138 Å². The highest BCUT2D eigenvalue weighted by atomic mass is 19.1. The Morgan fingerprint density at radius 1 is 1.04 bits per heavy atom. The van der Waals surface area contributed by atoms with Gasteiger partial charge in [0.2, 0.25) is 0 Å². The third kappa shape index (κ3) is 3.51. The second-order valence-electron chi connectivity index (χ2n) is 5.43. The fourth-order valence-electron chi connectivity index (χ4n) is 2.62. The second kappa shape index (κ2) is 7.08. The molecule has 1 N–H and O–H groups in total. The van der Waals surface area contributed by atoms with Crippen molar-refractivity contribution in [1.82, 2.24) is 9.88 Å². The SMILES string of the molecule is O=C(Nc1cccnc1)C(=O)N1CCN(c2ccccc2F)CC1. The van der Waals surface area contributed by atoms with Crippen molar-refractivity contribution in [3.8, 4) is 0 Å². The van der Waals surface area contributed by atoms with E-state index in [1.54, 1.807) is 36.5 Å². The minimum absolute atomic E-state index is 0.286. The Morgan fingerprint density at radius 2 is 1.79 bits per heavy atom. The van der Waals surface area contributed by atoms with Crippen LogP contribution in [0.2, 0.25) is 0 Å². The van der Waals surface area contributed by atoms with Gasteiger partial charge in [-0.2, -0.15) is 0 Å². The first-order valence-electron chi connectivity index (χ1n) is 7.65. The monoisotopic (exact) mass is 328 g/mol. The third-order valence-corrected chi connectivity index (χ3v) is 3.87. The molecule has 2 heterocycles. The Kier molecular flexibility index (Phi) is 4.69. The summed E-state index contributed by atoms with van der Waals surface area (Å²) in [6.45, 7) is 1.70. The van der Waals surface area contributed by atoms with E-state index in [2.05, 4.69) is 10.3 Å². The maximum absolute atomic E-state index is 13.8. The van der Waals surface area contributed by atoms with Crippen LogP contribution in [0.25, 0.3) is 0 Å². The molecule has 0 bridgehead atoms. The van der Waals surface area contributed by atoms with Gasteiger partial charge in [0, 0.05) is 32.4 Å². The van der Waals surface area contributed by atoms with Crippen LogP contribution < -0.4 is 10.2 Å². The number of benzene rings is 1. The number of aromatic nitrogens is 1. The van der Waals surface area contributed by atoms with Crippen LogP contribution in [-0.2, 0) is 9.59 Å². The molecule has 1 saturated heterocycles. The van der Waals surface area contributed by atoms with Gasteiger partial charge in [0.15, 0.2) is 0 Å². The van der Waals surface area contributed by atoms with Gasteiger partial charge in [0.05, 0.1) is 17.6 Å². The van der Waals surface area contributed by atoms with E-state index in [4.69, 9.17) is 0 Å². The van der Waals surface area contributed by atoms with Crippen molar-refractivity contribution >= 4 is 23.2 Å². The summed E-state index contributed by atoms with van der Waals surface area (Å²) in [5, 5.41) is 2.52. The molecule has 0 unspecified atom stereocenters. The van der Waals surface area contributed by atoms with Crippen molar-refractivity contribution in [2.75, 3.05) is 36.4 Å². The number of para-hydroxylation sites is 1. The van der Waals surface area contributed by atoms with Crippen LogP contribution in [0.15, 0.2) is 48.8 Å². The first-order chi connectivity index (χ1) is 11.6. The highest BCUT2D eigenvalue weighted by Gasteiger charge is 2.26. The fourth-order valence-corrected chi connectivity index (χ4v) is 2.62. The number of nitrogens with zero attached hydrogens (tertiary/aromatic N) is 3. The van der Waals surface area contributed by atoms with Crippen molar-refractivity contribution in [2.45, 2.75) is 0 Å². The number of piperazine rings is 1. The van der Waals surface area contributed by atoms with Crippen molar-refractivity contribution in [1.29, 1.82) is 0 Å². The van der Waals surface area contributed by atoms with Gasteiger partial charge in [-0.05, 0) is 24.3 Å². The Bertz CT molecular complexity index is 730. The minimum Gasteiger partial charge on any atom is -0.366 e. The summed E-state index contributed by atoms with van der Waals surface area (Å²) < 4.78 is 13.8. The summed E-state index contributed by atoms with van der Waals surface area (Å²) in [7, 11) is 0. The van der Waals surface area contributed by atoms with Gasteiger partial charge in [0.25, 0.3) is 0 Å². The van der Waals surface area contributed by atoms with Gasteiger partial charge in [-0.25, -0.2) is 4.39 Å². The van der Waals surface area contributed by atoms with E-state index in [1.807, 2.05) is 4.90 Å². The number of hydrogen-bond donors (Lipinski definition) is 1. The molecule has 1 aromatic carbocycles. The zero-order valence-corrected chi connectivity index (χ0v) is 13.0. The number of rotatable bonds is 2. The number of halogens is 1. The smallest absolute Gasteiger partial charge is 0.313 e. The van der Waals surface area contributed by atoms with Crippen molar-refractivity contribution in [3.05, 3.63) is 54.6 Å². The lowest BCUT2D eigenvalue weighted by atomic mass is 10.2. The topological polar surface area (TPSA) is 65.5 Å². The molecular weight excluding hydrogens is 311 g/mol. The largest absolute Gasteiger partial charge is 0.366 e. The molecule has 7 heteroatoms. The molecule has 0 atom stereocenters. The van der Waals surface area contributed by atoms with E-state index in [-0.39, 0.29) is 5.82 Å². The lowest BCUT2D eigenvalue weighted by Gasteiger charge is -2.35. The van der Waals surface area contributed by atoms with Crippen molar-refractivity contribution in [2.24, 2.45) is 0 Å². The maximum Gasteiger partial charge on any atom is 0.313 e. The number of carbonyl (C=O) groups is 2. The third-order valence-electron chi connectivity index (χ3n) is 3.87. The Balaban J connectivity index is 1.57. The molecule has 1 fully saturated rings.